The molecule has 2 aromatic heterocycles. The monoisotopic (exact) mass is 257 g/mol. The largest absolute Gasteiger partial charge is 0.314 e. The molecule has 0 aliphatic carbocycles. The molecule has 0 aliphatic heterocycles. The molecular weight excluding hydrogens is 246 g/mol. The first-order chi connectivity index (χ1) is 8.76. The smallest absolute Gasteiger partial charge is 0.259 e. The molecular formula is C13H11N3OS. The van der Waals surface area contributed by atoms with E-state index in [1.165, 1.54) is 11.3 Å². The first-order valence-electron chi connectivity index (χ1n) is 5.59. The van der Waals surface area contributed by atoms with Gasteiger partial charge in [0.25, 0.3) is 5.56 Å². The van der Waals surface area contributed by atoms with E-state index < -0.39 is 0 Å². The minimum Gasteiger partial charge on any atom is -0.314 e. The van der Waals surface area contributed by atoms with Crippen LogP contribution in [0.15, 0.2) is 28.5 Å². The number of hydrogen-bond donors (Lipinski definition) is 0. The number of nitrogens with zero attached hydrogens (tertiary/aromatic N) is 3. The molecule has 0 unspecified atom stereocenters. The third-order valence-corrected chi connectivity index (χ3v) is 3.68. The Labute approximate surface area is 108 Å². The van der Waals surface area contributed by atoms with Crippen LogP contribution in [0.1, 0.15) is 12.8 Å². The zero-order valence-electron chi connectivity index (χ0n) is 9.67. The molecule has 0 radical (unpaired) electrons. The van der Waals surface area contributed by atoms with Crippen molar-refractivity contribution in [3.63, 3.8) is 0 Å². The Hall–Kier alpha value is -2.11. The van der Waals surface area contributed by atoms with Gasteiger partial charge in [-0.1, -0.05) is 0 Å². The van der Waals surface area contributed by atoms with Crippen molar-refractivity contribution in [2.24, 2.45) is 5.92 Å². The molecule has 0 saturated heterocycles. The van der Waals surface area contributed by atoms with E-state index >= 15 is 0 Å². The maximum absolute atomic E-state index is 12.1. The Morgan fingerprint density at radius 1 is 1.39 bits per heavy atom. The van der Waals surface area contributed by atoms with Gasteiger partial charge in [0.15, 0.2) is 0 Å². The summed E-state index contributed by atoms with van der Waals surface area (Å²) >= 11 is 1.53. The van der Waals surface area contributed by atoms with Gasteiger partial charge in [0, 0.05) is 23.9 Å². The molecule has 18 heavy (non-hydrogen) atoms. The first-order valence-corrected chi connectivity index (χ1v) is 6.47. The van der Waals surface area contributed by atoms with Crippen LogP contribution in [0.4, 0.5) is 0 Å². The van der Waals surface area contributed by atoms with E-state index in [-0.39, 0.29) is 11.5 Å². The summed E-state index contributed by atoms with van der Waals surface area (Å²) < 4.78 is 2.52. The highest BCUT2D eigenvalue weighted by Crippen LogP contribution is 2.17. The van der Waals surface area contributed by atoms with Crippen LogP contribution in [0.5, 0.6) is 0 Å². The number of thiophene rings is 1. The van der Waals surface area contributed by atoms with Crippen LogP contribution in [0, 0.1) is 28.6 Å². The molecule has 0 saturated carbocycles. The predicted octanol–water partition coefficient (Wildman–Crippen LogP) is 2.51. The van der Waals surface area contributed by atoms with Crippen molar-refractivity contribution < 1.29 is 0 Å². The number of fused-ring (bicyclic) bond motifs is 1. The topological polar surface area (TPSA) is 69.6 Å². The molecule has 2 rings (SSSR count). The maximum Gasteiger partial charge on any atom is 0.259 e. The zero-order chi connectivity index (χ0) is 13.0. The molecule has 0 amide bonds. The van der Waals surface area contributed by atoms with Crippen LogP contribution < -0.4 is 5.56 Å². The summed E-state index contributed by atoms with van der Waals surface area (Å²) in [6.45, 7) is 0.350. The molecule has 2 aromatic rings. The highest BCUT2D eigenvalue weighted by molar-refractivity contribution is 7.17. The molecule has 0 N–H and O–H groups in total. The Kier molecular flexibility index (Phi) is 3.76. The van der Waals surface area contributed by atoms with Crippen LogP contribution in [-0.2, 0) is 6.54 Å². The summed E-state index contributed by atoms with van der Waals surface area (Å²) in [6.07, 6.45) is 2.56. The fourth-order valence-corrected chi connectivity index (χ4v) is 2.60. The Balaban J connectivity index is 2.26. The predicted molar refractivity (Wildman–Crippen MR) is 70.0 cm³/mol. The average molecular weight is 257 g/mol. The lowest BCUT2D eigenvalue weighted by Crippen LogP contribution is -2.22. The summed E-state index contributed by atoms with van der Waals surface area (Å²) in [5.41, 5.74) is -0.0639. The van der Waals surface area contributed by atoms with Gasteiger partial charge >= 0.3 is 0 Å². The molecule has 0 fully saturated rings. The lowest BCUT2D eigenvalue weighted by atomic mass is 10.1. The Bertz CT molecular complexity index is 687. The van der Waals surface area contributed by atoms with Crippen molar-refractivity contribution in [3.8, 4) is 12.1 Å². The number of rotatable bonds is 4. The van der Waals surface area contributed by atoms with E-state index in [1.54, 1.807) is 16.8 Å². The number of pyridine rings is 1. The van der Waals surface area contributed by atoms with Gasteiger partial charge in [0.05, 0.1) is 23.4 Å². The fraction of sp³-hybridized carbons (Fsp3) is 0.308. The zero-order valence-corrected chi connectivity index (χ0v) is 10.5. The van der Waals surface area contributed by atoms with Gasteiger partial charge in [0.1, 0.15) is 0 Å². The van der Waals surface area contributed by atoms with Crippen LogP contribution >= 0.6 is 11.3 Å². The van der Waals surface area contributed by atoms with Crippen molar-refractivity contribution in [2.45, 2.75) is 19.4 Å². The van der Waals surface area contributed by atoms with E-state index in [4.69, 9.17) is 10.5 Å². The third kappa shape index (κ3) is 2.42. The molecule has 2 heterocycles. The molecule has 0 spiro atoms. The second-order valence-corrected chi connectivity index (χ2v) is 4.94. The Morgan fingerprint density at radius 2 is 2.22 bits per heavy atom. The van der Waals surface area contributed by atoms with Crippen LogP contribution in [0.2, 0.25) is 0 Å². The quantitative estimate of drug-likeness (QED) is 0.845. The number of hydrogen-bond acceptors (Lipinski definition) is 4. The summed E-state index contributed by atoms with van der Waals surface area (Å²) in [4.78, 5) is 12.1. The van der Waals surface area contributed by atoms with Crippen LogP contribution in [0.25, 0.3) is 10.1 Å². The van der Waals surface area contributed by atoms with Gasteiger partial charge in [-0.2, -0.15) is 10.5 Å². The lowest BCUT2D eigenvalue weighted by Gasteiger charge is -2.09. The van der Waals surface area contributed by atoms with Gasteiger partial charge in [-0.25, -0.2) is 0 Å². The van der Waals surface area contributed by atoms with Crippen LogP contribution in [-0.4, -0.2) is 4.57 Å². The standard InChI is InChI=1S/C13H11N3OS/c14-5-1-2-10(8-15)9-16-6-3-12-11(13(16)17)4-7-18-12/h3-4,6-7,10H,1-2,9H2/t10-/m0/s1. The normalized spacial score (nSPS) is 11.9. The molecule has 1 atom stereocenters. The van der Waals surface area contributed by atoms with E-state index in [9.17, 15) is 4.79 Å². The maximum atomic E-state index is 12.1. The van der Waals surface area contributed by atoms with Crippen molar-refractivity contribution in [1.29, 1.82) is 10.5 Å². The van der Waals surface area contributed by atoms with Crippen molar-refractivity contribution in [1.82, 2.24) is 4.57 Å². The Morgan fingerprint density at radius 3 is 2.94 bits per heavy atom. The van der Waals surface area contributed by atoms with E-state index in [1.807, 2.05) is 17.5 Å². The van der Waals surface area contributed by atoms with Gasteiger partial charge in [0.2, 0.25) is 0 Å². The number of aromatic nitrogens is 1. The SMILES string of the molecule is N#CCC[C@@H](C#N)Cn1ccc2sccc2c1=O. The second kappa shape index (κ2) is 5.48. The third-order valence-electron chi connectivity index (χ3n) is 2.80. The summed E-state index contributed by atoms with van der Waals surface area (Å²) in [5.74, 6) is -0.293. The molecule has 0 bridgehead atoms. The molecule has 90 valence electrons. The van der Waals surface area contributed by atoms with E-state index in [2.05, 4.69) is 6.07 Å². The van der Waals surface area contributed by atoms with Gasteiger partial charge in [-0.3, -0.25) is 4.79 Å². The summed E-state index contributed by atoms with van der Waals surface area (Å²) in [7, 11) is 0. The lowest BCUT2D eigenvalue weighted by molar-refractivity contribution is 0.503. The van der Waals surface area contributed by atoms with Crippen molar-refractivity contribution in [2.75, 3.05) is 0 Å². The van der Waals surface area contributed by atoms with Gasteiger partial charge in [-0.05, 0) is 23.9 Å². The van der Waals surface area contributed by atoms with Crippen molar-refractivity contribution in [3.05, 3.63) is 34.1 Å². The highest BCUT2D eigenvalue weighted by atomic mass is 32.1. The van der Waals surface area contributed by atoms with Gasteiger partial charge < -0.3 is 4.57 Å². The minimum absolute atomic E-state index is 0.0639. The fourth-order valence-electron chi connectivity index (χ4n) is 1.82. The van der Waals surface area contributed by atoms with Crippen molar-refractivity contribution >= 4 is 21.4 Å². The number of nitriles is 2. The summed E-state index contributed by atoms with van der Waals surface area (Å²) in [6, 6.07) is 7.86. The average Bonchev–Trinajstić information content (AvgIpc) is 2.86. The molecule has 0 aromatic carbocycles. The molecule has 5 heteroatoms. The van der Waals surface area contributed by atoms with Crippen LogP contribution in [0.3, 0.4) is 0 Å². The highest BCUT2D eigenvalue weighted by Gasteiger charge is 2.10. The summed E-state index contributed by atoms with van der Waals surface area (Å²) in [5, 5.41) is 20.1. The van der Waals surface area contributed by atoms with Gasteiger partial charge in [-0.15, -0.1) is 11.3 Å². The van der Waals surface area contributed by atoms with E-state index in [0.29, 0.717) is 24.8 Å². The minimum atomic E-state index is -0.293. The first kappa shape index (κ1) is 12.3. The molecule has 4 nitrogen and oxygen atoms in total. The van der Waals surface area contributed by atoms with E-state index in [0.717, 1.165) is 4.70 Å². The molecule has 0 aliphatic rings. The second-order valence-electron chi connectivity index (χ2n) is 3.99.